The number of benzene rings is 2. The lowest BCUT2D eigenvalue weighted by atomic mass is 10.1. The number of amides is 2. The Hall–Kier alpha value is -3.12. The van der Waals surface area contributed by atoms with Crippen molar-refractivity contribution in [1.29, 1.82) is 0 Å². The zero-order chi connectivity index (χ0) is 21.1. The summed E-state index contributed by atoms with van der Waals surface area (Å²) in [7, 11) is 0. The van der Waals surface area contributed by atoms with Crippen molar-refractivity contribution < 1.29 is 19.1 Å². The summed E-state index contributed by atoms with van der Waals surface area (Å²) in [4.78, 5) is 38.7. The van der Waals surface area contributed by atoms with Gasteiger partial charge in [0.05, 0.1) is 17.9 Å². The number of hydrogen-bond donors (Lipinski definition) is 1. The van der Waals surface area contributed by atoms with Crippen LogP contribution in [0.4, 0.5) is 11.4 Å². The molecule has 0 bridgehead atoms. The quantitative estimate of drug-likeness (QED) is 0.565. The van der Waals surface area contributed by atoms with Crippen LogP contribution in [0.1, 0.15) is 34.8 Å². The van der Waals surface area contributed by atoms with Crippen LogP contribution in [0.3, 0.4) is 0 Å². The van der Waals surface area contributed by atoms with E-state index in [1.807, 2.05) is 39.0 Å². The van der Waals surface area contributed by atoms with Crippen LogP contribution in [0.5, 0.6) is 0 Å². The zero-order valence-electron chi connectivity index (χ0n) is 16.4. The van der Waals surface area contributed by atoms with Crippen LogP contribution in [0.15, 0.2) is 53.2 Å². The highest BCUT2D eigenvalue weighted by molar-refractivity contribution is 6.53. The van der Waals surface area contributed by atoms with E-state index in [1.54, 1.807) is 18.2 Å². The molecule has 0 aromatic heterocycles. The molecule has 7 heteroatoms. The highest BCUT2D eigenvalue weighted by Crippen LogP contribution is 2.31. The predicted octanol–water partition coefficient (Wildman–Crippen LogP) is 4.31. The molecule has 29 heavy (non-hydrogen) atoms. The number of rotatable bonds is 6. The topological polar surface area (TPSA) is 75.7 Å². The average molecular weight is 413 g/mol. The number of nitrogens with zero attached hydrogens (tertiary/aromatic N) is 1. The molecule has 0 saturated heterocycles. The van der Waals surface area contributed by atoms with Gasteiger partial charge < -0.3 is 10.1 Å². The summed E-state index contributed by atoms with van der Waals surface area (Å²) in [6, 6.07) is 11.8. The monoisotopic (exact) mass is 412 g/mol. The number of imide groups is 1. The molecule has 0 radical (unpaired) electrons. The summed E-state index contributed by atoms with van der Waals surface area (Å²) in [5.41, 5.74) is 3.19. The van der Waals surface area contributed by atoms with Crippen molar-refractivity contribution in [2.75, 3.05) is 16.8 Å². The molecule has 6 nitrogen and oxygen atoms in total. The second-order valence-corrected chi connectivity index (χ2v) is 7.14. The summed E-state index contributed by atoms with van der Waals surface area (Å²) in [5, 5.41) is 2.78. The Morgan fingerprint density at radius 3 is 2.55 bits per heavy atom. The fourth-order valence-corrected chi connectivity index (χ4v) is 3.20. The van der Waals surface area contributed by atoms with Crippen LogP contribution in [0.25, 0.3) is 0 Å². The molecule has 0 unspecified atom stereocenters. The first-order chi connectivity index (χ1) is 13.8. The van der Waals surface area contributed by atoms with E-state index < -0.39 is 17.8 Å². The van der Waals surface area contributed by atoms with Crippen molar-refractivity contribution >= 4 is 40.8 Å². The van der Waals surface area contributed by atoms with Crippen molar-refractivity contribution in [3.63, 3.8) is 0 Å². The lowest BCUT2D eigenvalue weighted by Gasteiger charge is -2.16. The zero-order valence-corrected chi connectivity index (χ0v) is 17.2. The van der Waals surface area contributed by atoms with Crippen LogP contribution in [0, 0.1) is 13.8 Å². The Labute approximate surface area is 174 Å². The number of esters is 1. The molecule has 1 heterocycles. The van der Waals surface area contributed by atoms with Crippen LogP contribution >= 0.6 is 11.6 Å². The Kier molecular flexibility index (Phi) is 6.03. The van der Waals surface area contributed by atoms with Crippen LogP contribution < -0.4 is 10.2 Å². The third-order valence-corrected chi connectivity index (χ3v) is 4.80. The van der Waals surface area contributed by atoms with Gasteiger partial charge in [-0.3, -0.25) is 9.59 Å². The van der Waals surface area contributed by atoms with E-state index in [9.17, 15) is 14.4 Å². The molecule has 2 aromatic carbocycles. The van der Waals surface area contributed by atoms with Crippen molar-refractivity contribution in [2.24, 2.45) is 0 Å². The number of aryl methyl sites for hydroxylation is 2. The lowest BCUT2D eigenvalue weighted by Crippen LogP contribution is -2.32. The normalized spacial score (nSPS) is 13.9. The first-order valence-corrected chi connectivity index (χ1v) is 9.61. The van der Waals surface area contributed by atoms with Gasteiger partial charge in [-0.1, -0.05) is 42.3 Å². The SMILES string of the molecule is CCCOC(=O)c1cccc(N2C(=O)C(Cl)=C(Nc3ccc(C)cc3C)C2=O)c1. The summed E-state index contributed by atoms with van der Waals surface area (Å²) >= 11 is 6.19. The fourth-order valence-electron chi connectivity index (χ4n) is 2.98. The lowest BCUT2D eigenvalue weighted by molar-refractivity contribution is -0.120. The standard InChI is InChI=1S/C22H21ClN2O4/c1-4-10-29-22(28)15-6-5-7-16(12-15)25-20(26)18(23)19(21(25)27)24-17-9-8-13(2)11-14(17)3/h5-9,11-12,24H,4,10H2,1-3H3. The number of ether oxygens (including phenoxy) is 1. The van der Waals surface area contributed by atoms with Gasteiger partial charge in [0.25, 0.3) is 11.8 Å². The number of carbonyl (C=O) groups is 3. The summed E-state index contributed by atoms with van der Waals surface area (Å²) in [6.07, 6.45) is 0.696. The van der Waals surface area contributed by atoms with Crippen molar-refractivity contribution in [2.45, 2.75) is 27.2 Å². The van der Waals surface area contributed by atoms with Gasteiger partial charge in [0.15, 0.2) is 0 Å². The van der Waals surface area contributed by atoms with Gasteiger partial charge in [0, 0.05) is 5.69 Å². The van der Waals surface area contributed by atoms with Gasteiger partial charge in [-0.2, -0.15) is 0 Å². The second kappa shape index (κ2) is 8.49. The molecule has 0 atom stereocenters. The van der Waals surface area contributed by atoms with Crippen molar-refractivity contribution in [3.8, 4) is 0 Å². The largest absolute Gasteiger partial charge is 0.462 e. The first-order valence-electron chi connectivity index (χ1n) is 9.23. The van der Waals surface area contributed by atoms with Gasteiger partial charge >= 0.3 is 5.97 Å². The molecule has 0 fully saturated rings. The Morgan fingerprint density at radius 2 is 1.86 bits per heavy atom. The molecule has 0 saturated carbocycles. The third-order valence-electron chi connectivity index (χ3n) is 4.45. The number of anilines is 2. The van der Waals surface area contributed by atoms with Crippen molar-refractivity contribution in [3.05, 3.63) is 69.9 Å². The molecule has 150 valence electrons. The minimum Gasteiger partial charge on any atom is -0.462 e. The second-order valence-electron chi connectivity index (χ2n) is 6.76. The van der Waals surface area contributed by atoms with Gasteiger partial charge in [-0.15, -0.1) is 0 Å². The van der Waals surface area contributed by atoms with E-state index in [-0.39, 0.29) is 22.0 Å². The van der Waals surface area contributed by atoms with E-state index in [1.165, 1.54) is 6.07 Å². The summed E-state index contributed by atoms with van der Waals surface area (Å²) in [5.74, 6) is -1.75. The molecule has 1 aliphatic rings. The van der Waals surface area contributed by atoms with Crippen LogP contribution in [-0.2, 0) is 14.3 Å². The molecule has 0 spiro atoms. The molecule has 2 aromatic rings. The Balaban J connectivity index is 1.87. The maximum absolute atomic E-state index is 12.9. The maximum Gasteiger partial charge on any atom is 0.338 e. The van der Waals surface area contributed by atoms with E-state index in [0.29, 0.717) is 18.7 Å². The number of halogens is 1. The molecule has 3 rings (SSSR count). The minimum atomic E-state index is -0.650. The third kappa shape index (κ3) is 4.17. The van der Waals surface area contributed by atoms with Crippen LogP contribution in [0.2, 0.25) is 0 Å². The Bertz CT molecular complexity index is 1030. The smallest absolute Gasteiger partial charge is 0.338 e. The average Bonchev–Trinajstić information content (AvgIpc) is 2.91. The summed E-state index contributed by atoms with van der Waals surface area (Å²) < 4.78 is 5.12. The molecular weight excluding hydrogens is 392 g/mol. The summed E-state index contributed by atoms with van der Waals surface area (Å²) in [6.45, 7) is 6.05. The van der Waals surface area contributed by atoms with E-state index >= 15 is 0 Å². The van der Waals surface area contributed by atoms with E-state index in [0.717, 1.165) is 16.0 Å². The number of carbonyl (C=O) groups excluding carboxylic acids is 3. The minimum absolute atomic E-state index is 0.00239. The van der Waals surface area contributed by atoms with Gasteiger partial charge in [-0.25, -0.2) is 9.69 Å². The molecule has 0 aliphatic carbocycles. The van der Waals surface area contributed by atoms with Gasteiger partial charge in [0.1, 0.15) is 10.7 Å². The fraction of sp³-hybridized carbons (Fsp3) is 0.227. The van der Waals surface area contributed by atoms with E-state index in [4.69, 9.17) is 16.3 Å². The predicted molar refractivity (Wildman–Crippen MR) is 112 cm³/mol. The van der Waals surface area contributed by atoms with E-state index in [2.05, 4.69) is 5.32 Å². The van der Waals surface area contributed by atoms with Crippen molar-refractivity contribution in [1.82, 2.24) is 0 Å². The Morgan fingerprint density at radius 1 is 1.10 bits per heavy atom. The number of nitrogens with one attached hydrogen (secondary N) is 1. The maximum atomic E-state index is 12.9. The van der Waals surface area contributed by atoms with Gasteiger partial charge in [0.2, 0.25) is 0 Å². The van der Waals surface area contributed by atoms with Gasteiger partial charge in [-0.05, 0) is 50.1 Å². The molecule has 1 aliphatic heterocycles. The highest BCUT2D eigenvalue weighted by atomic mass is 35.5. The number of hydrogen-bond acceptors (Lipinski definition) is 5. The molecular formula is C22H21ClN2O4. The molecule has 2 amide bonds. The van der Waals surface area contributed by atoms with Crippen LogP contribution in [-0.4, -0.2) is 24.4 Å². The highest BCUT2D eigenvalue weighted by Gasteiger charge is 2.39. The first kappa shape index (κ1) is 20.6. The molecule has 1 N–H and O–H groups in total.